The van der Waals surface area contributed by atoms with Gasteiger partial charge in [-0.3, -0.25) is 19.8 Å². The molecule has 2 aromatic rings. The Labute approximate surface area is 179 Å². The number of hydrazone groups is 1. The van der Waals surface area contributed by atoms with Gasteiger partial charge >= 0.3 is 6.36 Å². The highest BCUT2D eigenvalue weighted by molar-refractivity contribution is 7.92. The number of sulfonamides is 1. The summed E-state index contributed by atoms with van der Waals surface area (Å²) in [5, 5.41) is 6.77. The van der Waals surface area contributed by atoms with Gasteiger partial charge in [-0.25, -0.2) is 14.0 Å². The topological polar surface area (TPSA) is 124 Å². The summed E-state index contributed by atoms with van der Waals surface area (Å²) in [6.45, 7) is 0. The highest BCUT2D eigenvalue weighted by Gasteiger charge is 2.34. The van der Waals surface area contributed by atoms with E-state index in [0.717, 1.165) is 12.1 Å². The van der Waals surface area contributed by atoms with Gasteiger partial charge in [0, 0.05) is 7.05 Å². The number of rotatable bonds is 5. The molecule has 31 heavy (non-hydrogen) atoms. The number of hydrogen-bond donors (Lipinski definition) is 4. The van der Waals surface area contributed by atoms with E-state index in [1.807, 2.05) is 4.72 Å². The van der Waals surface area contributed by atoms with Crippen LogP contribution in [0, 0.1) is 0 Å². The summed E-state index contributed by atoms with van der Waals surface area (Å²) in [5.41, 5.74) is 3.82. The SMILES string of the molecule is CN1NNN=C1NC(=O)c1ccc(OC(F)(F)F)c(NS(=O)(=O)c2ccccc2)c1Cl. The number of anilines is 1. The molecular weight excluding hydrogens is 465 g/mol. The van der Waals surface area contributed by atoms with E-state index in [1.165, 1.54) is 36.3 Å². The minimum absolute atomic E-state index is 0.0306. The van der Waals surface area contributed by atoms with Gasteiger partial charge in [0.05, 0.1) is 15.5 Å². The van der Waals surface area contributed by atoms with E-state index in [9.17, 15) is 26.4 Å². The molecule has 4 N–H and O–H groups in total. The molecule has 166 valence electrons. The first-order valence-electron chi connectivity index (χ1n) is 8.27. The predicted molar refractivity (Wildman–Crippen MR) is 104 cm³/mol. The second kappa shape index (κ2) is 8.49. The molecule has 15 heteroatoms. The molecule has 1 heterocycles. The van der Waals surface area contributed by atoms with Gasteiger partial charge in [-0.1, -0.05) is 29.8 Å². The van der Waals surface area contributed by atoms with Crippen molar-refractivity contribution in [3.05, 3.63) is 53.1 Å². The van der Waals surface area contributed by atoms with E-state index in [1.54, 1.807) is 6.07 Å². The third-order valence-electron chi connectivity index (χ3n) is 3.79. The van der Waals surface area contributed by atoms with Crippen molar-refractivity contribution in [2.24, 2.45) is 5.10 Å². The monoisotopic (exact) mass is 478 g/mol. The molecule has 1 amide bonds. The Bertz CT molecular complexity index is 1130. The van der Waals surface area contributed by atoms with Gasteiger partial charge in [0.25, 0.3) is 15.9 Å². The number of benzene rings is 2. The molecule has 1 aliphatic rings. The molecule has 1 aliphatic heterocycles. The number of ether oxygens (including phenoxy) is 1. The zero-order valence-corrected chi connectivity index (χ0v) is 17.1. The third kappa shape index (κ3) is 5.28. The molecule has 0 unspecified atom stereocenters. The molecule has 2 aromatic carbocycles. The van der Waals surface area contributed by atoms with Crippen LogP contribution in [-0.4, -0.2) is 38.7 Å². The van der Waals surface area contributed by atoms with Crippen LogP contribution in [0.2, 0.25) is 5.02 Å². The summed E-state index contributed by atoms with van der Waals surface area (Å²) in [4.78, 5) is 12.3. The summed E-state index contributed by atoms with van der Waals surface area (Å²) < 4.78 is 69.6. The van der Waals surface area contributed by atoms with Crippen molar-refractivity contribution in [3.8, 4) is 5.75 Å². The Hall–Kier alpha value is -3.23. The van der Waals surface area contributed by atoms with Crippen LogP contribution in [-0.2, 0) is 10.0 Å². The van der Waals surface area contributed by atoms with Crippen LogP contribution >= 0.6 is 11.6 Å². The van der Waals surface area contributed by atoms with Crippen molar-refractivity contribution in [3.63, 3.8) is 0 Å². The van der Waals surface area contributed by atoms with Gasteiger partial charge in [-0.2, -0.15) is 0 Å². The molecule has 0 spiro atoms. The molecule has 3 rings (SSSR count). The Balaban J connectivity index is 2.01. The largest absolute Gasteiger partial charge is 0.573 e. The molecule has 0 fully saturated rings. The van der Waals surface area contributed by atoms with Crippen LogP contribution in [0.4, 0.5) is 18.9 Å². The standard InChI is InChI=1S/C16H14ClF3N6O4S/c1-26-15(22-24-25-26)21-14(27)10-7-8-11(30-16(18,19)20)13(12(10)17)23-31(28,29)9-5-3-2-4-6-9/h2-8,23-25H,1H3,(H,21,22,27). The molecule has 0 aliphatic carbocycles. The molecule has 0 atom stereocenters. The second-order valence-corrected chi connectivity index (χ2v) is 8.00. The van der Waals surface area contributed by atoms with Crippen LogP contribution in [0.25, 0.3) is 0 Å². The maximum Gasteiger partial charge on any atom is 0.573 e. The lowest BCUT2D eigenvalue weighted by molar-refractivity contribution is -0.274. The maximum atomic E-state index is 12.8. The Morgan fingerprint density at radius 2 is 1.87 bits per heavy atom. The van der Waals surface area contributed by atoms with Crippen molar-refractivity contribution in [1.82, 2.24) is 21.4 Å². The van der Waals surface area contributed by atoms with E-state index >= 15 is 0 Å². The van der Waals surface area contributed by atoms with Gasteiger partial charge in [0.1, 0.15) is 5.69 Å². The van der Waals surface area contributed by atoms with Gasteiger partial charge in [0.15, 0.2) is 5.75 Å². The lowest BCUT2D eigenvalue weighted by Gasteiger charge is -2.18. The summed E-state index contributed by atoms with van der Waals surface area (Å²) in [7, 11) is -2.84. The third-order valence-corrected chi connectivity index (χ3v) is 5.54. The van der Waals surface area contributed by atoms with Crippen molar-refractivity contribution in [2.45, 2.75) is 11.3 Å². The van der Waals surface area contributed by atoms with Crippen molar-refractivity contribution >= 4 is 39.2 Å². The minimum Gasteiger partial charge on any atom is -0.403 e. The van der Waals surface area contributed by atoms with Gasteiger partial charge < -0.3 is 4.74 Å². The number of nitrogens with one attached hydrogen (secondary N) is 4. The first-order valence-corrected chi connectivity index (χ1v) is 10.1. The molecule has 0 bridgehead atoms. The van der Waals surface area contributed by atoms with E-state index in [2.05, 4.69) is 26.2 Å². The summed E-state index contributed by atoms with van der Waals surface area (Å²) >= 11 is 6.13. The fourth-order valence-electron chi connectivity index (χ4n) is 2.39. The first-order chi connectivity index (χ1) is 14.5. The van der Waals surface area contributed by atoms with Crippen molar-refractivity contribution in [2.75, 3.05) is 11.8 Å². The maximum absolute atomic E-state index is 12.8. The molecule has 0 saturated carbocycles. The van der Waals surface area contributed by atoms with Gasteiger partial charge in [-0.15, -0.1) is 23.8 Å². The van der Waals surface area contributed by atoms with E-state index in [0.29, 0.717) is 0 Å². The van der Waals surface area contributed by atoms with Crippen LogP contribution in [0.3, 0.4) is 0 Å². The zero-order valence-electron chi connectivity index (χ0n) is 15.5. The Morgan fingerprint density at radius 1 is 1.19 bits per heavy atom. The quantitative estimate of drug-likeness (QED) is 0.518. The fourth-order valence-corrected chi connectivity index (χ4v) is 3.84. The smallest absolute Gasteiger partial charge is 0.403 e. The number of carbonyl (C=O) groups excluding carboxylic acids is 1. The van der Waals surface area contributed by atoms with Gasteiger partial charge in [-0.05, 0) is 24.3 Å². The van der Waals surface area contributed by atoms with Crippen LogP contribution in [0.1, 0.15) is 10.4 Å². The number of halogens is 4. The summed E-state index contributed by atoms with van der Waals surface area (Å²) in [5.74, 6) is -1.77. The van der Waals surface area contributed by atoms with E-state index in [4.69, 9.17) is 11.6 Å². The molecule has 0 radical (unpaired) electrons. The molecule has 10 nitrogen and oxygen atoms in total. The van der Waals surface area contributed by atoms with Crippen LogP contribution in [0.5, 0.6) is 5.75 Å². The number of hydrazine groups is 2. The minimum atomic E-state index is -5.14. The number of carbonyl (C=O) groups is 1. The number of nitrogens with zero attached hydrogens (tertiary/aromatic N) is 2. The zero-order chi connectivity index (χ0) is 22.8. The Morgan fingerprint density at radius 3 is 2.45 bits per heavy atom. The molecule has 0 aromatic heterocycles. The van der Waals surface area contributed by atoms with Gasteiger partial charge in [0.2, 0.25) is 5.96 Å². The average molecular weight is 479 g/mol. The van der Waals surface area contributed by atoms with Crippen LogP contribution < -0.4 is 25.8 Å². The van der Waals surface area contributed by atoms with E-state index < -0.39 is 38.8 Å². The van der Waals surface area contributed by atoms with Crippen molar-refractivity contribution in [1.29, 1.82) is 0 Å². The lowest BCUT2D eigenvalue weighted by atomic mass is 10.1. The molecule has 0 saturated heterocycles. The summed E-state index contributed by atoms with van der Waals surface area (Å²) in [6, 6.07) is 8.59. The lowest BCUT2D eigenvalue weighted by Crippen LogP contribution is -2.45. The number of amides is 1. The normalized spacial score (nSPS) is 14.0. The Kier molecular flexibility index (Phi) is 6.15. The highest BCUT2D eigenvalue weighted by atomic mass is 35.5. The highest BCUT2D eigenvalue weighted by Crippen LogP contribution is 2.39. The average Bonchev–Trinajstić information content (AvgIpc) is 3.09. The number of guanidine groups is 1. The number of alkyl halides is 3. The van der Waals surface area contributed by atoms with E-state index in [-0.39, 0.29) is 16.4 Å². The number of hydrogen-bond acceptors (Lipinski definition) is 8. The van der Waals surface area contributed by atoms with Crippen molar-refractivity contribution < 1.29 is 31.1 Å². The summed E-state index contributed by atoms with van der Waals surface area (Å²) in [6.07, 6.45) is -5.14. The second-order valence-electron chi connectivity index (χ2n) is 5.94. The predicted octanol–water partition coefficient (Wildman–Crippen LogP) is 1.99. The molecular formula is C16H14ClF3N6O4S. The van der Waals surface area contributed by atoms with Crippen LogP contribution in [0.15, 0.2) is 52.5 Å². The first kappa shape index (κ1) is 22.5. The fraction of sp³-hybridized carbons (Fsp3) is 0.125.